The molecule has 2 nitrogen and oxygen atoms in total. The second-order valence-corrected chi connectivity index (χ2v) is 3.23. The minimum atomic E-state index is -0.0215. The lowest BCUT2D eigenvalue weighted by molar-refractivity contribution is -0.149. The molecule has 0 bridgehead atoms. The first-order chi connectivity index (χ1) is 5.83. The van der Waals surface area contributed by atoms with E-state index in [1.807, 2.05) is 6.92 Å². The molecule has 0 aromatic rings. The SMILES string of the molecule is C/C=C/CCC1CCOC(=O)C1. The molecule has 1 aliphatic heterocycles. The summed E-state index contributed by atoms with van der Waals surface area (Å²) in [6.07, 6.45) is 8.09. The molecule has 1 saturated heterocycles. The third-order valence-electron chi connectivity index (χ3n) is 2.22. The van der Waals surface area contributed by atoms with Crippen LogP contribution in [0.1, 0.15) is 32.6 Å². The summed E-state index contributed by atoms with van der Waals surface area (Å²) in [5.74, 6) is 0.536. The molecule has 2 heteroatoms. The number of rotatable bonds is 3. The number of hydrogen-bond donors (Lipinski definition) is 0. The number of ether oxygens (including phenoxy) is 1. The number of hydrogen-bond acceptors (Lipinski definition) is 2. The van der Waals surface area contributed by atoms with E-state index in [2.05, 4.69) is 12.2 Å². The van der Waals surface area contributed by atoms with Crippen molar-refractivity contribution < 1.29 is 9.53 Å². The highest BCUT2D eigenvalue weighted by atomic mass is 16.5. The Morgan fingerprint density at radius 3 is 3.17 bits per heavy atom. The fourth-order valence-corrected chi connectivity index (χ4v) is 1.48. The van der Waals surface area contributed by atoms with Crippen LogP contribution in [-0.2, 0) is 9.53 Å². The van der Waals surface area contributed by atoms with Gasteiger partial charge < -0.3 is 4.74 Å². The standard InChI is InChI=1S/C10H16O2/c1-2-3-4-5-9-6-7-12-10(11)8-9/h2-3,9H,4-8H2,1H3/b3-2+. The van der Waals surface area contributed by atoms with Crippen LogP contribution in [0, 0.1) is 5.92 Å². The summed E-state index contributed by atoms with van der Waals surface area (Å²) in [6, 6.07) is 0. The lowest BCUT2D eigenvalue weighted by Crippen LogP contribution is -2.20. The summed E-state index contributed by atoms with van der Waals surface area (Å²) in [4.78, 5) is 10.9. The lowest BCUT2D eigenvalue weighted by Gasteiger charge is -2.20. The summed E-state index contributed by atoms with van der Waals surface area (Å²) in [6.45, 7) is 2.65. The molecule has 0 amide bonds. The van der Waals surface area contributed by atoms with Crippen LogP contribution in [0.15, 0.2) is 12.2 Å². The molecule has 68 valence electrons. The molecule has 0 saturated carbocycles. The molecular formula is C10H16O2. The number of carbonyl (C=O) groups is 1. The van der Waals surface area contributed by atoms with E-state index in [1.54, 1.807) is 0 Å². The highest BCUT2D eigenvalue weighted by Crippen LogP contribution is 2.20. The van der Waals surface area contributed by atoms with Crippen molar-refractivity contribution >= 4 is 5.97 Å². The van der Waals surface area contributed by atoms with Crippen LogP contribution < -0.4 is 0 Å². The van der Waals surface area contributed by atoms with Crippen molar-refractivity contribution in [3.63, 3.8) is 0 Å². The Balaban J connectivity index is 2.18. The monoisotopic (exact) mass is 168 g/mol. The quantitative estimate of drug-likeness (QED) is 0.477. The maximum absolute atomic E-state index is 10.9. The summed E-state index contributed by atoms with van der Waals surface area (Å²) in [5.41, 5.74) is 0. The van der Waals surface area contributed by atoms with Crippen molar-refractivity contribution in [2.45, 2.75) is 32.6 Å². The highest BCUT2D eigenvalue weighted by molar-refractivity contribution is 5.70. The Bertz CT molecular complexity index is 173. The van der Waals surface area contributed by atoms with Crippen LogP contribution in [0.25, 0.3) is 0 Å². The number of cyclic esters (lactones) is 1. The van der Waals surface area contributed by atoms with Gasteiger partial charge in [-0.3, -0.25) is 4.79 Å². The Kier molecular flexibility index (Phi) is 3.85. The van der Waals surface area contributed by atoms with Crippen LogP contribution in [0.2, 0.25) is 0 Å². The van der Waals surface area contributed by atoms with E-state index in [1.165, 1.54) is 0 Å². The van der Waals surface area contributed by atoms with Crippen LogP contribution >= 0.6 is 0 Å². The molecule has 0 spiro atoms. The summed E-state index contributed by atoms with van der Waals surface area (Å²) >= 11 is 0. The maximum Gasteiger partial charge on any atom is 0.306 e. The van der Waals surface area contributed by atoms with Crippen LogP contribution in [-0.4, -0.2) is 12.6 Å². The van der Waals surface area contributed by atoms with Gasteiger partial charge in [-0.05, 0) is 32.1 Å². The third kappa shape index (κ3) is 3.07. The van der Waals surface area contributed by atoms with Gasteiger partial charge in [0.05, 0.1) is 6.61 Å². The second-order valence-electron chi connectivity index (χ2n) is 3.23. The van der Waals surface area contributed by atoms with Crippen LogP contribution in [0.4, 0.5) is 0 Å². The van der Waals surface area contributed by atoms with Crippen molar-refractivity contribution in [2.24, 2.45) is 5.92 Å². The first-order valence-corrected chi connectivity index (χ1v) is 4.59. The summed E-state index contributed by atoms with van der Waals surface area (Å²) < 4.78 is 4.86. The zero-order valence-electron chi connectivity index (χ0n) is 7.58. The van der Waals surface area contributed by atoms with Gasteiger partial charge in [-0.1, -0.05) is 12.2 Å². The lowest BCUT2D eigenvalue weighted by atomic mass is 9.94. The summed E-state index contributed by atoms with van der Waals surface area (Å²) in [5, 5.41) is 0. The van der Waals surface area contributed by atoms with E-state index in [4.69, 9.17) is 4.74 Å². The highest BCUT2D eigenvalue weighted by Gasteiger charge is 2.19. The second kappa shape index (κ2) is 4.96. The maximum atomic E-state index is 10.9. The fraction of sp³-hybridized carbons (Fsp3) is 0.700. The van der Waals surface area contributed by atoms with E-state index in [9.17, 15) is 4.79 Å². The molecule has 1 aliphatic rings. The number of carbonyl (C=O) groups excluding carboxylic acids is 1. The average molecular weight is 168 g/mol. The molecule has 1 fully saturated rings. The minimum absolute atomic E-state index is 0.0215. The topological polar surface area (TPSA) is 26.3 Å². The molecular weight excluding hydrogens is 152 g/mol. The minimum Gasteiger partial charge on any atom is -0.466 e. The first-order valence-electron chi connectivity index (χ1n) is 4.59. The van der Waals surface area contributed by atoms with Crippen molar-refractivity contribution in [1.29, 1.82) is 0 Å². The summed E-state index contributed by atoms with van der Waals surface area (Å²) in [7, 11) is 0. The Labute approximate surface area is 73.6 Å². The molecule has 1 unspecified atom stereocenters. The molecule has 1 atom stereocenters. The van der Waals surface area contributed by atoms with Gasteiger partial charge in [-0.25, -0.2) is 0 Å². The smallest absolute Gasteiger partial charge is 0.306 e. The average Bonchev–Trinajstić information content (AvgIpc) is 2.05. The molecule has 0 radical (unpaired) electrons. The van der Waals surface area contributed by atoms with E-state index in [0.29, 0.717) is 18.9 Å². The van der Waals surface area contributed by atoms with E-state index >= 15 is 0 Å². The Morgan fingerprint density at radius 1 is 1.67 bits per heavy atom. The molecule has 0 aromatic carbocycles. The Morgan fingerprint density at radius 2 is 2.50 bits per heavy atom. The molecule has 1 rings (SSSR count). The molecule has 12 heavy (non-hydrogen) atoms. The van der Waals surface area contributed by atoms with Gasteiger partial charge in [-0.2, -0.15) is 0 Å². The third-order valence-corrected chi connectivity index (χ3v) is 2.22. The van der Waals surface area contributed by atoms with Gasteiger partial charge in [0.2, 0.25) is 0 Å². The van der Waals surface area contributed by atoms with Crippen molar-refractivity contribution in [1.82, 2.24) is 0 Å². The Hall–Kier alpha value is -0.790. The molecule has 0 aromatic heterocycles. The fourth-order valence-electron chi connectivity index (χ4n) is 1.48. The number of esters is 1. The first kappa shape index (κ1) is 9.30. The van der Waals surface area contributed by atoms with Gasteiger partial charge in [0.25, 0.3) is 0 Å². The van der Waals surface area contributed by atoms with Crippen molar-refractivity contribution in [3.8, 4) is 0 Å². The predicted molar refractivity (Wildman–Crippen MR) is 47.7 cm³/mol. The molecule has 0 N–H and O–H groups in total. The van der Waals surface area contributed by atoms with Crippen LogP contribution in [0.3, 0.4) is 0 Å². The van der Waals surface area contributed by atoms with Crippen molar-refractivity contribution in [2.75, 3.05) is 6.61 Å². The van der Waals surface area contributed by atoms with E-state index < -0.39 is 0 Å². The van der Waals surface area contributed by atoms with Gasteiger partial charge >= 0.3 is 5.97 Å². The number of allylic oxidation sites excluding steroid dienone is 2. The van der Waals surface area contributed by atoms with Gasteiger partial charge in [0.15, 0.2) is 0 Å². The molecule has 0 aliphatic carbocycles. The predicted octanol–water partition coefficient (Wildman–Crippen LogP) is 2.30. The largest absolute Gasteiger partial charge is 0.466 e. The van der Waals surface area contributed by atoms with Crippen LogP contribution in [0.5, 0.6) is 0 Å². The normalized spacial score (nSPS) is 24.4. The zero-order chi connectivity index (χ0) is 8.81. The van der Waals surface area contributed by atoms with E-state index in [0.717, 1.165) is 19.3 Å². The van der Waals surface area contributed by atoms with Gasteiger partial charge in [-0.15, -0.1) is 0 Å². The van der Waals surface area contributed by atoms with Gasteiger partial charge in [0.1, 0.15) is 0 Å². The zero-order valence-corrected chi connectivity index (χ0v) is 7.58. The van der Waals surface area contributed by atoms with Crippen molar-refractivity contribution in [3.05, 3.63) is 12.2 Å². The molecule has 1 heterocycles. The van der Waals surface area contributed by atoms with Gasteiger partial charge in [0, 0.05) is 6.42 Å². The van der Waals surface area contributed by atoms with E-state index in [-0.39, 0.29) is 5.97 Å².